The summed E-state index contributed by atoms with van der Waals surface area (Å²) in [6, 6.07) is 18.0. The van der Waals surface area contributed by atoms with Crippen LogP contribution in [0.1, 0.15) is 42.4 Å². The Morgan fingerprint density at radius 2 is 1.34 bits per heavy atom. The van der Waals surface area contributed by atoms with Crippen molar-refractivity contribution in [3.05, 3.63) is 87.5 Å². The van der Waals surface area contributed by atoms with Crippen molar-refractivity contribution in [2.75, 3.05) is 20.2 Å². The molecule has 2 aliphatic heterocycles. The largest absolute Gasteiger partial charge is 0.481 e. The van der Waals surface area contributed by atoms with E-state index in [1.54, 1.807) is 7.11 Å². The Bertz CT molecular complexity index is 1800. The van der Waals surface area contributed by atoms with Crippen molar-refractivity contribution < 1.29 is 14.3 Å². The lowest BCUT2D eigenvalue weighted by Gasteiger charge is -2.16. The molecule has 244 valence electrons. The number of hydrogen-bond donors (Lipinski definition) is 4. The zero-order valence-electron chi connectivity index (χ0n) is 26.5. The van der Waals surface area contributed by atoms with Crippen molar-refractivity contribution in [2.45, 2.75) is 57.8 Å². The quantitative estimate of drug-likeness (QED) is 0.149. The van der Waals surface area contributed by atoms with Gasteiger partial charge in [0.15, 0.2) is 0 Å². The van der Waals surface area contributed by atoms with Gasteiger partial charge in [-0.3, -0.25) is 14.6 Å². The molecule has 4 aromatic rings. The fourth-order valence-corrected chi connectivity index (χ4v) is 6.80. The van der Waals surface area contributed by atoms with Gasteiger partial charge in [-0.1, -0.05) is 65.7 Å². The number of nitrogens with one attached hydrogen (secondary N) is 4. The third-order valence-electron chi connectivity index (χ3n) is 8.77. The molecule has 2 aromatic heterocycles. The SMILES string of the molecule is COc1nc(-c2cccc(-c3cccc(-c4cc(C)c(CNC[C@@H]5CCC(=O)N5)cn4)c3Cl)c2Cl)ccc1CNC[C@@H]1CCC(=O)N1. The monoisotopic (exact) mass is 672 g/mol. The molecule has 6 rings (SSSR count). The van der Waals surface area contributed by atoms with Crippen LogP contribution >= 0.6 is 23.2 Å². The second-order valence-electron chi connectivity index (χ2n) is 12.1. The maximum atomic E-state index is 11.5. The summed E-state index contributed by atoms with van der Waals surface area (Å²) in [6.07, 6.45) is 4.76. The van der Waals surface area contributed by atoms with E-state index < -0.39 is 0 Å². The summed E-state index contributed by atoms with van der Waals surface area (Å²) < 4.78 is 5.64. The molecule has 0 spiro atoms. The highest BCUT2D eigenvalue weighted by atomic mass is 35.5. The van der Waals surface area contributed by atoms with E-state index in [2.05, 4.69) is 28.2 Å². The highest BCUT2D eigenvalue weighted by Gasteiger charge is 2.22. The van der Waals surface area contributed by atoms with Gasteiger partial charge in [0.05, 0.1) is 28.5 Å². The Hall–Kier alpha value is -4.02. The number of carbonyl (C=O) groups is 2. The van der Waals surface area contributed by atoms with E-state index in [4.69, 9.17) is 37.9 Å². The van der Waals surface area contributed by atoms with Crippen molar-refractivity contribution in [3.8, 4) is 39.5 Å². The van der Waals surface area contributed by atoms with Gasteiger partial charge in [-0.25, -0.2) is 4.98 Å². The number of methoxy groups -OCH3 is 1. The second-order valence-corrected chi connectivity index (χ2v) is 12.8. The van der Waals surface area contributed by atoms with Crippen LogP contribution < -0.4 is 26.0 Å². The third-order valence-corrected chi connectivity index (χ3v) is 9.59. The fraction of sp³-hybridized carbons (Fsp3) is 0.333. The Morgan fingerprint density at radius 1 is 0.787 bits per heavy atom. The molecule has 2 aromatic carbocycles. The van der Waals surface area contributed by atoms with Crippen LogP contribution in [0.3, 0.4) is 0 Å². The maximum absolute atomic E-state index is 11.5. The summed E-state index contributed by atoms with van der Waals surface area (Å²) >= 11 is 14.1. The van der Waals surface area contributed by atoms with Crippen LogP contribution in [-0.4, -0.2) is 54.1 Å². The maximum Gasteiger partial charge on any atom is 0.220 e. The number of aryl methyl sites for hydroxylation is 1. The van der Waals surface area contributed by atoms with Crippen molar-refractivity contribution in [2.24, 2.45) is 0 Å². The van der Waals surface area contributed by atoms with Crippen molar-refractivity contribution in [1.29, 1.82) is 0 Å². The molecule has 4 heterocycles. The first-order chi connectivity index (χ1) is 22.8. The molecule has 2 fully saturated rings. The second kappa shape index (κ2) is 14.8. The molecular formula is C36H38Cl2N6O3. The number of ether oxygens (including phenoxy) is 1. The fourth-order valence-electron chi connectivity index (χ4n) is 6.15. The predicted octanol–water partition coefficient (Wildman–Crippen LogP) is 5.84. The van der Waals surface area contributed by atoms with Crippen LogP contribution in [0.5, 0.6) is 5.88 Å². The van der Waals surface area contributed by atoms with Gasteiger partial charge in [-0.2, -0.15) is 0 Å². The van der Waals surface area contributed by atoms with E-state index >= 15 is 0 Å². The summed E-state index contributed by atoms with van der Waals surface area (Å²) in [6.45, 7) is 4.70. The zero-order chi connectivity index (χ0) is 32.9. The van der Waals surface area contributed by atoms with Crippen molar-refractivity contribution >= 4 is 35.0 Å². The summed E-state index contributed by atoms with van der Waals surface area (Å²) in [7, 11) is 1.60. The molecule has 2 amide bonds. The number of rotatable bonds is 12. The number of benzene rings is 2. The van der Waals surface area contributed by atoms with Gasteiger partial charge in [0.25, 0.3) is 0 Å². The van der Waals surface area contributed by atoms with Crippen LogP contribution in [0.15, 0.2) is 60.8 Å². The molecule has 2 aliphatic rings. The standard InChI is InChI=1S/C36H38Cl2N6O3/c1-21-15-31(41-18-23(21)17-40-20-25-11-14-33(46)43-25)29-8-4-6-27(35(29)38)26-5-3-7-28(34(26)37)30-12-9-22(36(44-30)47-2)16-39-19-24-10-13-32(45)42-24/h3-9,12,15,18,24-25,39-40H,10-11,13-14,16-17,19-20H2,1-2H3,(H,42,45)(H,43,46)/t24-,25-/m0/s1. The molecular weight excluding hydrogens is 635 g/mol. The molecule has 47 heavy (non-hydrogen) atoms. The number of nitrogens with zero attached hydrogens (tertiary/aromatic N) is 2. The minimum Gasteiger partial charge on any atom is -0.481 e. The molecule has 0 unspecified atom stereocenters. The highest BCUT2D eigenvalue weighted by Crippen LogP contribution is 2.42. The van der Waals surface area contributed by atoms with E-state index in [9.17, 15) is 9.59 Å². The average molecular weight is 674 g/mol. The van der Waals surface area contributed by atoms with Crippen LogP contribution in [0.25, 0.3) is 33.6 Å². The lowest BCUT2D eigenvalue weighted by atomic mass is 9.97. The first-order valence-electron chi connectivity index (χ1n) is 15.9. The molecule has 9 nitrogen and oxygen atoms in total. The van der Waals surface area contributed by atoms with Gasteiger partial charge in [0.2, 0.25) is 17.7 Å². The van der Waals surface area contributed by atoms with Crippen LogP contribution in [0.4, 0.5) is 0 Å². The number of carbonyl (C=O) groups excluding carboxylic acids is 2. The molecule has 0 saturated carbocycles. The molecule has 2 atom stereocenters. The minimum absolute atomic E-state index is 0.103. The van der Waals surface area contributed by atoms with Gasteiger partial charge in [-0.05, 0) is 43.0 Å². The van der Waals surface area contributed by atoms with Gasteiger partial charge in [-0.15, -0.1) is 0 Å². The van der Waals surface area contributed by atoms with Gasteiger partial charge < -0.3 is 26.0 Å². The van der Waals surface area contributed by atoms with Gasteiger partial charge >= 0.3 is 0 Å². The minimum atomic E-state index is 0.103. The summed E-state index contributed by atoms with van der Waals surface area (Å²) in [5.41, 5.74) is 7.73. The average Bonchev–Trinajstić information content (AvgIpc) is 3.69. The number of hydrogen-bond acceptors (Lipinski definition) is 7. The zero-order valence-corrected chi connectivity index (χ0v) is 28.0. The predicted molar refractivity (Wildman–Crippen MR) is 185 cm³/mol. The lowest BCUT2D eigenvalue weighted by Crippen LogP contribution is -2.35. The van der Waals surface area contributed by atoms with Gasteiger partial charge in [0, 0.05) is 85.1 Å². The number of amides is 2. The first-order valence-corrected chi connectivity index (χ1v) is 16.6. The van der Waals surface area contributed by atoms with Crippen molar-refractivity contribution in [3.63, 3.8) is 0 Å². The van der Waals surface area contributed by atoms with Crippen LogP contribution in [-0.2, 0) is 22.7 Å². The van der Waals surface area contributed by atoms with Crippen LogP contribution in [0.2, 0.25) is 10.0 Å². The number of halogens is 2. The summed E-state index contributed by atoms with van der Waals surface area (Å²) in [5, 5.41) is 13.9. The molecule has 0 radical (unpaired) electrons. The summed E-state index contributed by atoms with van der Waals surface area (Å²) in [4.78, 5) is 32.5. The molecule has 4 N–H and O–H groups in total. The third kappa shape index (κ3) is 7.60. The highest BCUT2D eigenvalue weighted by molar-refractivity contribution is 6.39. The van der Waals surface area contributed by atoms with Crippen LogP contribution in [0, 0.1) is 6.92 Å². The molecule has 0 aliphatic carbocycles. The topological polar surface area (TPSA) is 117 Å². The van der Waals surface area contributed by atoms with E-state index in [-0.39, 0.29) is 23.9 Å². The van der Waals surface area contributed by atoms with Crippen molar-refractivity contribution in [1.82, 2.24) is 31.2 Å². The molecule has 2 saturated heterocycles. The molecule has 11 heteroatoms. The Balaban J connectivity index is 1.19. The normalized spacial score (nSPS) is 17.5. The first kappa shape index (κ1) is 32.9. The molecule has 0 bridgehead atoms. The smallest absolute Gasteiger partial charge is 0.220 e. The number of aromatic nitrogens is 2. The lowest BCUT2D eigenvalue weighted by molar-refractivity contribution is -0.120. The summed E-state index contributed by atoms with van der Waals surface area (Å²) in [5.74, 6) is 0.734. The Morgan fingerprint density at radius 3 is 1.87 bits per heavy atom. The van der Waals surface area contributed by atoms with Gasteiger partial charge in [0.1, 0.15) is 0 Å². The number of pyridine rings is 2. The van der Waals surface area contributed by atoms with E-state index in [0.717, 1.165) is 64.0 Å². The Kier molecular flexibility index (Phi) is 10.4. The Labute approximate surface area is 284 Å². The van der Waals surface area contributed by atoms with E-state index in [1.165, 1.54) is 0 Å². The van der Waals surface area contributed by atoms with E-state index in [0.29, 0.717) is 54.1 Å². The van der Waals surface area contributed by atoms with E-state index in [1.807, 2.05) is 60.8 Å².